The van der Waals surface area contributed by atoms with Gasteiger partial charge in [0.05, 0.1) is 23.7 Å². The van der Waals surface area contributed by atoms with Gasteiger partial charge in [-0.1, -0.05) is 58.3 Å². The number of carboxylic acid groups (broad SMARTS) is 1. The first-order chi connectivity index (χ1) is 16.4. The molecule has 0 aromatic carbocycles. The van der Waals surface area contributed by atoms with Crippen LogP contribution in [0.15, 0.2) is 23.3 Å². The van der Waals surface area contributed by atoms with Crippen molar-refractivity contribution in [2.75, 3.05) is 6.61 Å². The summed E-state index contributed by atoms with van der Waals surface area (Å²) in [5.41, 5.74) is 1.90. The molecule has 7 atom stereocenters. The van der Waals surface area contributed by atoms with Crippen LogP contribution in [0.4, 0.5) is 0 Å². The van der Waals surface area contributed by atoms with Crippen molar-refractivity contribution in [3.63, 3.8) is 0 Å². The fourth-order valence-electron chi connectivity index (χ4n) is 5.12. The molecule has 5 heteroatoms. The van der Waals surface area contributed by atoms with E-state index in [2.05, 4.69) is 33.8 Å². The van der Waals surface area contributed by atoms with Crippen LogP contribution in [0.5, 0.6) is 0 Å². The van der Waals surface area contributed by atoms with Crippen LogP contribution >= 0.6 is 0 Å². The molecule has 0 radical (unpaired) electrons. The van der Waals surface area contributed by atoms with E-state index >= 15 is 0 Å². The molecule has 0 fully saturated rings. The Bertz CT molecular complexity index is 680. The predicted octanol–water partition coefficient (Wildman–Crippen LogP) is 6.92. The standard InChI is InChI=1S/C30H54O5/c1-8-35-28-25(6)24(5)27(31)20-26(28)17-16-22(3)14-11-19-30(7,34)18-10-13-21(2)12-9-15-23(4)29(32)33/h12,20,22-25,27-28,31,34H,8-11,13-19H2,1-7H3,(H,32,33)/b21-12+. The van der Waals surface area contributed by atoms with Gasteiger partial charge in [-0.15, -0.1) is 0 Å². The zero-order valence-electron chi connectivity index (χ0n) is 23.6. The van der Waals surface area contributed by atoms with E-state index in [1.54, 1.807) is 6.92 Å². The summed E-state index contributed by atoms with van der Waals surface area (Å²) in [4.78, 5) is 10.9. The topological polar surface area (TPSA) is 87.0 Å². The first kappa shape index (κ1) is 31.9. The molecule has 0 bridgehead atoms. The first-order valence-electron chi connectivity index (χ1n) is 14.0. The van der Waals surface area contributed by atoms with E-state index in [0.29, 0.717) is 24.9 Å². The molecule has 1 aliphatic rings. The van der Waals surface area contributed by atoms with Gasteiger partial charge in [0.1, 0.15) is 0 Å². The lowest BCUT2D eigenvalue weighted by atomic mass is 9.76. The maximum Gasteiger partial charge on any atom is 0.306 e. The lowest BCUT2D eigenvalue weighted by Gasteiger charge is -2.37. The average molecular weight is 495 g/mol. The summed E-state index contributed by atoms with van der Waals surface area (Å²) in [6.45, 7) is 15.1. The Morgan fingerprint density at radius 2 is 1.80 bits per heavy atom. The Morgan fingerprint density at radius 3 is 2.43 bits per heavy atom. The molecule has 0 heterocycles. The highest BCUT2D eigenvalue weighted by Crippen LogP contribution is 2.35. The molecule has 0 aliphatic heterocycles. The largest absolute Gasteiger partial charge is 0.481 e. The second kappa shape index (κ2) is 15.8. The van der Waals surface area contributed by atoms with Gasteiger partial charge >= 0.3 is 5.97 Å². The zero-order valence-corrected chi connectivity index (χ0v) is 23.6. The van der Waals surface area contributed by atoms with E-state index in [4.69, 9.17) is 9.84 Å². The van der Waals surface area contributed by atoms with Crippen molar-refractivity contribution in [3.05, 3.63) is 23.3 Å². The molecule has 1 aliphatic carbocycles. The summed E-state index contributed by atoms with van der Waals surface area (Å²) in [5, 5.41) is 30.2. The average Bonchev–Trinajstić information content (AvgIpc) is 2.77. The Morgan fingerprint density at radius 1 is 1.14 bits per heavy atom. The van der Waals surface area contributed by atoms with Crippen LogP contribution in [0, 0.1) is 23.7 Å². The number of hydrogen-bond donors (Lipinski definition) is 3. The Balaban J connectivity index is 2.34. The minimum atomic E-state index is -0.731. The van der Waals surface area contributed by atoms with Crippen LogP contribution < -0.4 is 0 Å². The Hall–Kier alpha value is -1.17. The Labute approximate surface area is 215 Å². The van der Waals surface area contributed by atoms with Crippen molar-refractivity contribution in [1.29, 1.82) is 0 Å². The summed E-state index contributed by atoms with van der Waals surface area (Å²) in [6, 6.07) is 0. The van der Waals surface area contributed by atoms with Gasteiger partial charge in [0.15, 0.2) is 0 Å². The van der Waals surface area contributed by atoms with Crippen LogP contribution in [0.1, 0.15) is 113 Å². The van der Waals surface area contributed by atoms with Crippen LogP contribution in [0.25, 0.3) is 0 Å². The molecule has 1 rings (SSSR count). The van der Waals surface area contributed by atoms with Crippen molar-refractivity contribution >= 4 is 5.97 Å². The maximum absolute atomic E-state index is 10.9. The van der Waals surface area contributed by atoms with E-state index in [-0.39, 0.29) is 24.0 Å². The third-order valence-corrected chi connectivity index (χ3v) is 8.08. The van der Waals surface area contributed by atoms with Crippen LogP contribution in [-0.2, 0) is 9.53 Å². The quantitative estimate of drug-likeness (QED) is 0.191. The number of aliphatic hydroxyl groups is 2. The van der Waals surface area contributed by atoms with E-state index < -0.39 is 11.6 Å². The van der Waals surface area contributed by atoms with Gasteiger partial charge in [0.2, 0.25) is 0 Å². The van der Waals surface area contributed by atoms with Crippen LogP contribution in [0.2, 0.25) is 0 Å². The molecule has 0 saturated carbocycles. The van der Waals surface area contributed by atoms with Gasteiger partial charge in [0, 0.05) is 6.61 Å². The summed E-state index contributed by atoms with van der Waals surface area (Å²) in [5.74, 6) is 0.0768. The van der Waals surface area contributed by atoms with Gasteiger partial charge in [0.25, 0.3) is 0 Å². The normalized spacial score (nSPS) is 26.7. The van der Waals surface area contributed by atoms with Crippen molar-refractivity contribution < 1.29 is 24.9 Å². The number of carboxylic acids is 1. The number of allylic oxidation sites excluding steroid dienone is 2. The molecule has 5 nitrogen and oxygen atoms in total. The molecule has 35 heavy (non-hydrogen) atoms. The van der Waals surface area contributed by atoms with E-state index in [1.165, 1.54) is 11.1 Å². The highest BCUT2D eigenvalue weighted by molar-refractivity contribution is 5.69. The first-order valence-corrected chi connectivity index (χ1v) is 14.0. The number of ether oxygens (including phenoxy) is 1. The molecular weight excluding hydrogens is 440 g/mol. The number of aliphatic hydroxyl groups excluding tert-OH is 1. The molecule has 0 spiro atoms. The third kappa shape index (κ3) is 12.1. The van der Waals surface area contributed by atoms with Gasteiger partial charge < -0.3 is 20.1 Å². The van der Waals surface area contributed by atoms with E-state index in [1.807, 2.05) is 19.9 Å². The highest BCUT2D eigenvalue weighted by Gasteiger charge is 2.34. The lowest BCUT2D eigenvalue weighted by Crippen LogP contribution is -2.39. The van der Waals surface area contributed by atoms with Gasteiger partial charge in [-0.05, 0) is 95.5 Å². The Kier molecular flexibility index (Phi) is 14.4. The second-order valence-electron chi connectivity index (χ2n) is 11.6. The number of hydrogen-bond acceptors (Lipinski definition) is 4. The van der Waals surface area contributed by atoms with Gasteiger partial charge in [-0.2, -0.15) is 0 Å². The molecule has 0 aromatic rings. The molecule has 0 aromatic heterocycles. The predicted molar refractivity (Wildman–Crippen MR) is 144 cm³/mol. The monoisotopic (exact) mass is 494 g/mol. The molecule has 7 unspecified atom stereocenters. The number of aliphatic carboxylic acids is 1. The molecule has 3 N–H and O–H groups in total. The number of rotatable bonds is 17. The molecule has 0 amide bonds. The zero-order chi connectivity index (χ0) is 26.6. The van der Waals surface area contributed by atoms with Crippen LogP contribution in [-0.4, -0.2) is 45.7 Å². The summed E-state index contributed by atoms with van der Waals surface area (Å²) < 4.78 is 6.04. The smallest absolute Gasteiger partial charge is 0.306 e. The van der Waals surface area contributed by atoms with E-state index in [0.717, 1.165) is 57.8 Å². The molecular formula is C30H54O5. The third-order valence-electron chi connectivity index (χ3n) is 8.08. The second-order valence-corrected chi connectivity index (χ2v) is 11.6. The maximum atomic E-state index is 10.9. The summed E-state index contributed by atoms with van der Waals surface area (Å²) in [7, 11) is 0. The van der Waals surface area contributed by atoms with Gasteiger partial charge in [-0.3, -0.25) is 4.79 Å². The van der Waals surface area contributed by atoms with Crippen molar-refractivity contribution in [3.8, 4) is 0 Å². The van der Waals surface area contributed by atoms with Crippen molar-refractivity contribution in [1.82, 2.24) is 0 Å². The summed E-state index contributed by atoms with van der Waals surface area (Å²) >= 11 is 0. The summed E-state index contributed by atoms with van der Waals surface area (Å²) in [6.07, 6.45) is 13.0. The SMILES string of the molecule is CCOC1C(CCC(C)CCCC(C)(O)CCC/C(C)=C/CCC(C)C(=O)O)=CC(O)C(C)C1C. The number of carbonyl (C=O) groups is 1. The molecule has 204 valence electrons. The van der Waals surface area contributed by atoms with Crippen molar-refractivity contribution in [2.45, 2.75) is 130 Å². The minimum Gasteiger partial charge on any atom is -0.481 e. The molecule has 0 saturated heterocycles. The van der Waals surface area contributed by atoms with Crippen molar-refractivity contribution in [2.24, 2.45) is 23.7 Å². The van der Waals surface area contributed by atoms with Gasteiger partial charge in [-0.25, -0.2) is 0 Å². The van der Waals surface area contributed by atoms with E-state index in [9.17, 15) is 15.0 Å². The fraction of sp³-hybridized carbons (Fsp3) is 0.833. The fourth-order valence-corrected chi connectivity index (χ4v) is 5.12. The minimum absolute atomic E-state index is 0.115. The highest BCUT2D eigenvalue weighted by atomic mass is 16.5. The van der Waals surface area contributed by atoms with Crippen LogP contribution in [0.3, 0.4) is 0 Å². The lowest BCUT2D eigenvalue weighted by molar-refractivity contribution is -0.141.